The maximum Gasteiger partial charge on any atom is 0.417 e. The lowest BCUT2D eigenvalue weighted by molar-refractivity contribution is -0.383. The first kappa shape index (κ1) is 20.8. The van der Waals surface area contributed by atoms with E-state index < -0.39 is 17.0 Å². The van der Waals surface area contributed by atoms with E-state index in [2.05, 4.69) is 5.32 Å². The molecular formula is C21H15ClN2O6. The minimum atomic E-state index is -0.931. The molecule has 0 saturated heterocycles. The van der Waals surface area contributed by atoms with Gasteiger partial charge in [0, 0.05) is 11.1 Å². The number of hydrogen-bond donors (Lipinski definition) is 1. The molecule has 152 valence electrons. The Morgan fingerprint density at radius 1 is 1.00 bits per heavy atom. The molecule has 0 radical (unpaired) electrons. The fraction of sp³-hybridized carbons (Fsp3) is 0.0476. The number of anilines is 1. The van der Waals surface area contributed by atoms with Gasteiger partial charge < -0.3 is 9.47 Å². The summed E-state index contributed by atoms with van der Waals surface area (Å²) in [6, 6.07) is 18.8. The van der Waals surface area contributed by atoms with E-state index >= 15 is 0 Å². The maximum absolute atomic E-state index is 12.1. The van der Waals surface area contributed by atoms with Crippen molar-refractivity contribution < 1.29 is 24.0 Å². The first-order chi connectivity index (χ1) is 14.4. The summed E-state index contributed by atoms with van der Waals surface area (Å²) in [6.07, 6.45) is -0.931. The van der Waals surface area contributed by atoms with Crippen molar-refractivity contribution in [1.29, 1.82) is 0 Å². The highest BCUT2D eigenvalue weighted by molar-refractivity contribution is 6.31. The van der Waals surface area contributed by atoms with E-state index in [1.54, 1.807) is 0 Å². The van der Waals surface area contributed by atoms with Crippen molar-refractivity contribution >= 4 is 35.0 Å². The predicted octanol–water partition coefficient (Wildman–Crippen LogP) is 5.22. The number of nitrogens with zero attached hydrogens (tertiary/aromatic N) is 1. The van der Waals surface area contributed by atoms with Crippen LogP contribution in [0.3, 0.4) is 0 Å². The van der Waals surface area contributed by atoms with Crippen molar-refractivity contribution in [2.45, 2.75) is 6.61 Å². The number of amides is 1. The first-order valence-corrected chi connectivity index (χ1v) is 9.04. The highest BCUT2D eigenvalue weighted by atomic mass is 35.5. The second kappa shape index (κ2) is 9.53. The Morgan fingerprint density at radius 2 is 1.70 bits per heavy atom. The van der Waals surface area contributed by atoms with Crippen LogP contribution in [0, 0.1) is 10.1 Å². The summed E-state index contributed by atoms with van der Waals surface area (Å²) < 4.78 is 10.3. The Morgan fingerprint density at radius 3 is 2.37 bits per heavy atom. The monoisotopic (exact) mass is 426 g/mol. The number of halogens is 1. The smallest absolute Gasteiger partial charge is 0.417 e. The number of rotatable bonds is 6. The van der Waals surface area contributed by atoms with Gasteiger partial charge in [0.1, 0.15) is 18.0 Å². The minimum absolute atomic E-state index is 0.0597. The quantitative estimate of drug-likeness (QED) is 0.329. The molecule has 0 aromatic heterocycles. The van der Waals surface area contributed by atoms with Crippen molar-refractivity contribution in [3.05, 3.63) is 99.1 Å². The zero-order chi connectivity index (χ0) is 21.5. The highest BCUT2D eigenvalue weighted by Crippen LogP contribution is 2.28. The normalized spacial score (nSPS) is 10.2. The van der Waals surface area contributed by atoms with Crippen molar-refractivity contribution in [2.75, 3.05) is 5.32 Å². The van der Waals surface area contributed by atoms with Gasteiger partial charge in [-0.25, -0.2) is 9.59 Å². The van der Waals surface area contributed by atoms with Gasteiger partial charge in [0.2, 0.25) is 0 Å². The molecule has 30 heavy (non-hydrogen) atoms. The Kier molecular flexibility index (Phi) is 6.61. The summed E-state index contributed by atoms with van der Waals surface area (Å²) in [4.78, 5) is 34.5. The van der Waals surface area contributed by atoms with E-state index in [1.165, 1.54) is 36.4 Å². The number of nitro groups is 1. The summed E-state index contributed by atoms with van der Waals surface area (Å²) in [5.41, 5.74) is 0.720. The molecule has 0 heterocycles. The number of nitrogens with one attached hydrogen (secondary N) is 1. The summed E-state index contributed by atoms with van der Waals surface area (Å²) in [6.45, 7) is 0.139. The summed E-state index contributed by atoms with van der Waals surface area (Å²) >= 11 is 5.74. The third kappa shape index (κ3) is 5.55. The molecule has 0 unspecified atom stereocenters. The van der Waals surface area contributed by atoms with E-state index in [0.29, 0.717) is 0 Å². The second-order valence-electron chi connectivity index (χ2n) is 6.02. The van der Waals surface area contributed by atoms with E-state index in [4.69, 9.17) is 21.1 Å². The number of ether oxygens (including phenoxy) is 2. The lowest BCUT2D eigenvalue weighted by Gasteiger charge is -2.08. The molecule has 0 aliphatic heterocycles. The van der Waals surface area contributed by atoms with Crippen molar-refractivity contribution in [2.24, 2.45) is 0 Å². The molecule has 0 atom stereocenters. The SMILES string of the molecule is O=C(Nc1ccc(Cl)cc1[N+](=O)[O-])Oc1ccc(C(=O)OCc2ccccc2)cc1. The molecule has 1 amide bonds. The van der Waals surface area contributed by atoms with Crippen LogP contribution in [0.1, 0.15) is 15.9 Å². The Labute approximate surface area is 176 Å². The van der Waals surface area contributed by atoms with E-state index in [1.807, 2.05) is 30.3 Å². The molecule has 3 aromatic carbocycles. The van der Waals surface area contributed by atoms with E-state index in [0.717, 1.165) is 11.6 Å². The number of esters is 1. The molecule has 0 saturated carbocycles. The Bertz CT molecular complexity index is 1070. The van der Waals surface area contributed by atoms with Crippen LogP contribution >= 0.6 is 11.6 Å². The molecule has 0 bridgehead atoms. The minimum Gasteiger partial charge on any atom is -0.457 e. The predicted molar refractivity (Wildman–Crippen MR) is 110 cm³/mol. The summed E-state index contributed by atoms with van der Waals surface area (Å²) in [5, 5.41) is 13.5. The van der Waals surface area contributed by atoms with Crippen LogP contribution < -0.4 is 10.1 Å². The van der Waals surface area contributed by atoms with Crippen LogP contribution in [0.5, 0.6) is 5.75 Å². The first-order valence-electron chi connectivity index (χ1n) is 8.66. The van der Waals surface area contributed by atoms with Crippen molar-refractivity contribution in [3.63, 3.8) is 0 Å². The molecule has 3 rings (SSSR count). The van der Waals surface area contributed by atoms with Crippen LogP contribution in [0.2, 0.25) is 5.02 Å². The molecule has 3 aromatic rings. The van der Waals surface area contributed by atoms with Crippen molar-refractivity contribution in [3.8, 4) is 5.75 Å². The van der Waals surface area contributed by atoms with Gasteiger partial charge in [-0.05, 0) is 42.0 Å². The second-order valence-corrected chi connectivity index (χ2v) is 6.46. The molecule has 0 spiro atoms. The Hall–Kier alpha value is -3.91. The van der Waals surface area contributed by atoms with Gasteiger partial charge in [-0.2, -0.15) is 0 Å². The van der Waals surface area contributed by atoms with Gasteiger partial charge >= 0.3 is 12.1 Å². The van der Waals surface area contributed by atoms with Crippen LogP contribution in [0.15, 0.2) is 72.8 Å². The topological polar surface area (TPSA) is 108 Å². The average molecular weight is 427 g/mol. The molecule has 0 aliphatic rings. The third-order valence-corrected chi connectivity index (χ3v) is 4.14. The van der Waals surface area contributed by atoms with Gasteiger partial charge in [0.15, 0.2) is 0 Å². The summed E-state index contributed by atoms with van der Waals surface area (Å²) in [5.74, 6) is -0.379. The van der Waals surface area contributed by atoms with Gasteiger partial charge in [-0.3, -0.25) is 15.4 Å². The number of nitro benzene ring substituents is 1. The summed E-state index contributed by atoms with van der Waals surface area (Å²) in [7, 11) is 0. The van der Waals surface area contributed by atoms with E-state index in [-0.39, 0.29) is 34.3 Å². The highest BCUT2D eigenvalue weighted by Gasteiger charge is 2.17. The standard InChI is InChI=1S/C21H15ClN2O6/c22-16-8-11-18(19(12-16)24(27)28)23-21(26)30-17-9-6-15(7-10-17)20(25)29-13-14-4-2-1-3-5-14/h1-12H,13H2,(H,23,26). The fourth-order valence-corrected chi connectivity index (χ4v) is 2.64. The number of carbonyl (C=O) groups is 2. The zero-order valence-corrected chi connectivity index (χ0v) is 16.2. The molecule has 0 aliphatic carbocycles. The zero-order valence-electron chi connectivity index (χ0n) is 15.4. The van der Waals surface area contributed by atoms with Crippen LogP contribution in [-0.4, -0.2) is 17.0 Å². The van der Waals surface area contributed by atoms with Gasteiger partial charge in [-0.15, -0.1) is 0 Å². The average Bonchev–Trinajstić information content (AvgIpc) is 2.74. The lowest BCUT2D eigenvalue weighted by atomic mass is 10.2. The van der Waals surface area contributed by atoms with Crippen LogP contribution in [0.25, 0.3) is 0 Å². The number of hydrogen-bond acceptors (Lipinski definition) is 6. The van der Waals surface area contributed by atoms with E-state index in [9.17, 15) is 19.7 Å². The third-order valence-electron chi connectivity index (χ3n) is 3.91. The van der Waals surface area contributed by atoms with Crippen LogP contribution in [-0.2, 0) is 11.3 Å². The van der Waals surface area contributed by atoms with Crippen molar-refractivity contribution in [1.82, 2.24) is 0 Å². The lowest BCUT2D eigenvalue weighted by Crippen LogP contribution is -2.17. The maximum atomic E-state index is 12.1. The largest absolute Gasteiger partial charge is 0.457 e. The number of benzene rings is 3. The fourth-order valence-electron chi connectivity index (χ4n) is 2.47. The molecule has 9 heteroatoms. The molecule has 1 N–H and O–H groups in total. The Balaban J connectivity index is 1.58. The molecule has 8 nitrogen and oxygen atoms in total. The molecule has 0 fully saturated rings. The van der Waals surface area contributed by atoms with Crippen LogP contribution in [0.4, 0.5) is 16.2 Å². The van der Waals surface area contributed by atoms with Gasteiger partial charge in [0.25, 0.3) is 5.69 Å². The van der Waals surface area contributed by atoms with Gasteiger partial charge in [-0.1, -0.05) is 41.9 Å². The number of carbonyl (C=O) groups excluding carboxylic acids is 2. The molecular weight excluding hydrogens is 412 g/mol. The van der Waals surface area contributed by atoms with Gasteiger partial charge in [0.05, 0.1) is 10.5 Å².